The van der Waals surface area contributed by atoms with Crippen LogP contribution in [0.1, 0.15) is 105 Å². The molecule has 4 aliphatic carbocycles. The van der Waals surface area contributed by atoms with Crippen LogP contribution in [-0.4, -0.2) is 37.7 Å². The van der Waals surface area contributed by atoms with E-state index < -0.39 is 0 Å². The number of hydrogen-bond acceptors (Lipinski definition) is 2. The molecule has 2 heteroatoms. The number of fused-ring (bicyclic) bond motifs is 5. The number of nitrogens with zero attached hydrogens (tertiary/aromatic N) is 1. The van der Waals surface area contributed by atoms with Gasteiger partial charge in [-0.25, -0.2) is 0 Å². The van der Waals surface area contributed by atoms with Gasteiger partial charge < -0.3 is 9.64 Å². The van der Waals surface area contributed by atoms with E-state index in [4.69, 9.17) is 4.74 Å². The first-order valence-electron chi connectivity index (χ1n) is 13.6. The normalized spacial score (nSPS) is 46.9. The third-order valence-electron chi connectivity index (χ3n) is 11.2. The maximum Gasteiger partial charge on any atom is 0.0578 e. The number of ether oxygens (including phenoxy) is 1. The highest BCUT2D eigenvalue weighted by molar-refractivity contribution is 5.10. The number of unbranched alkanes of at least 4 members (excludes halogenated alkanes) is 2. The van der Waals surface area contributed by atoms with Gasteiger partial charge in [0.2, 0.25) is 0 Å². The number of hydrogen-bond donors (Lipinski definition) is 0. The molecule has 0 heterocycles. The van der Waals surface area contributed by atoms with Crippen LogP contribution in [0.15, 0.2) is 0 Å². The quantitative estimate of drug-likeness (QED) is 0.407. The highest BCUT2D eigenvalue weighted by Crippen LogP contribution is 2.68. The smallest absolute Gasteiger partial charge is 0.0578 e. The maximum atomic E-state index is 6.36. The van der Waals surface area contributed by atoms with Gasteiger partial charge in [0.25, 0.3) is 0 Å². The monoisotopic (exact) mass is 417 g/mol. The first kappa shape index (κ1) is 23.1. The van der Waals surface area contributed by atoms with E-state index in [1.165, 1.54) is 77.0 Å². The zero-order valence-corrected chi connectivity index (χ0v) is 21.1. The van der Waals surface area contributed by atoms with Crippen molar-refractivity contribution >= 4 is 0 Å². The molecule has 174 valence electrons. The van der Waals surface area contributed by atoms with Gasteiger partial charge >= 0.3 is 0 Å². The molecule has 0 N–H and O–H groups in total. The third-order valence-corrected chi connectivity index (χ3v) is 11.2. The molecule has 0 aromatic carbocycles. The van der Waals surface area contributed by atoms with Crippen molar-refractivity contribution in [1.29, 1.82) is 0 Å². The van der Waals surface area contributed by atoms with Crippen molar-refractivity contribution in [2.24, 2.45) is 40.4 Å². The molecule has 0 radical (unpaired) electrons. The van der Waals surface area contributed by atoms with Crippen molar-refractivity contribution < 1.29 is 4.74 Å². The molecule has 4 fully saturated rings. The third kappa shape index (κ3) is 3.91. The van der Waals surface area contributed by atoms with Crippen molar-refractivity contribution in [3.63, 3.8) is 0 Å². The van der Waals surface area contributed by atoms with Gasteiger partial charge in [-0.2, -0.15) is 0 Å². The molecular formula is C28H51NO. The lowest BCUT2D eigenvalue weighted by Crippen LogP contribution is -2.55. The minimum Gasteiger partial charge on any atom is -0.378 e. The zero-order chi connectivity index (χ0) is 21.5. The second-order valence-electron chi connectivity index (χ2n) is 12.6. The molecule has 0 amide bonds. The van der Waals surface area contributed by atoms with Gasteiger partial charge in [0.05, 0.1) is 6.10 Å². The summed E-state index contributed by atoms with van der Waals surface area (Å²) in [5, 5.41) is 0. The molecule has 2 nitrogen and oxygen atoms in total. The van der Waals surface area contributed by atoms with Crippen LogP contribution in [0.3, 0.4) is 0 Å². The van der Waals surface area contributed by atoms with Gasteiger partial charge in [-0.1, -0.05) is 33.6 Å². The molecule has 0 aromatic rings. The van der Waals surface area contributed by atoms with Crippen LogP contribution in [0.5, 0.6) is 0 Å². The Morgan fingerprint density at radius 1 is 0.900 bits per heavy atom. The number of rotatable bonds is 7. The molecule has 0 unspecified atom stereocenters. The van der Waals surface area contributed by atoms with Crippen LogP contribution in [0.25, 0.3) is 0 Å². The first-order chi connectivity index (χ1) is 14.3. The average molecular weight is 418 g/mol. The van der Waals surface area contributed by atoms with Crippen molar-refractivity contribution in [2.45, 2.75) is 117 Å². The Bertz CT molecular complexity index is 575. The minimum absolute atomic E-state index is 0.558. The predicted molar refractivity (Wildman–Crippen MR) is 128 cm³/mol. The van der Waals surface area contributed by atoms with E-state index in [-0.39, 0.29) is 0 Å². The van der Waals surface area contributed by atoms with E-state index in [0.717, 1.165) is 42.2 Å². The van der Waals surface area contributed by atoms with E-state index in [2.05, 4.69) is 46.7 Å². The summed E-state index contributed by atoms with van der Waals surface area (Å²) < 4.78 is 6.36. The Morgan fingerprint density at radius 2 is 1.63 bits per heavy atom. The maximum absolute atomic E-state index is 6.36. The molecular weight excluding hydrogens is 366 g/mol. The second-order valence-corrected chi connectivity index (χ2v) is 12.6. The summed E-state index contributed by atoms with van der Waals surface area (Å²) in [4.78, 5) is 2.49. The lowest BCUT2D eigenvalue weighted by molar-refractivity contribution is -0.137. The molecule has 0 bridgehead atoms. The summed E-state index contributed by atoms with van der Waals surface area (Å²) in [7, 11) is 4.59. The van der Waals surface area contributed by atoms with E-state index in [9.17, 15) is 0 Å². The molecule has 0 spiro atoms. The van der Waals surface area contributed by atoms with E-state index in [1.54, 1.807) is 0 Å². The molecule has 30 heavy (non-hydrogen) atoms. The SMILES string of the molecule is CCCCCO[C@H]1CC[C@@]2(C)[C@@H](CC[C@@H]3[C@@H]2CC[C@]2(C)[C@@H]([C@H](C)N(C)C)CC[C@@H]32)C1. The molecule has 0 aliphatic heterocycles. The van der Waals surface area contributed by atoms with Gasteiger partial charge in [-0.05, 0) is 126 Å². The molecule has 0 aromatic heterocycles. The van der Waals surface area contributed by atoms with Crippen molar-refractivity contribution in [3.8, 4) is 0 Å². The Kier molecular flexibility index (Phi) is 6.96. The van der Waals surface area contributed by atoms with Crippen LogP contribution in [-0.2, 0) is 4.74 Å². The topological polar surface area (TPSA) is 12.5 Å². The Morgan fingerprint density at radius 3 is 2.37 bits per heavy atom. The second kappa shape index (κ2) is 9.05. The van der Waals surface area contributed by atoms with Crippen LogP contribution in [0.4, 0.5) is 0 Å². The Balaban J connectivity index is 1.42. The highest BCUT2D eigenvalue weighted by Gasteiger charge is 2.60. The largest absolute Gasteiger partial charge is 0.378 e. The van der Waals surface area contributed by atoms with Crippen molar-refractivity contribution in [1.82, 2.24) is 4.90 Å². The lowest BCUT2D eigenvalue weighted by atomic mass is 9.44. The fourth-order valence-corrected chi connectivity index (χ4v) is 9.17. The summed E-state index contributed by atoms with van der Waals surface area (Å²) in [5.41, 5.74) is 1.19. The van der Waals surface area contributed by atoms with E-state index in [0.29, 0.717) is 16.9 Å². The van der Waals surface area contributed by atoms with Gasteiger partial charge in [0, 0.05) is 12.6 Å². The van der Waals surface area contributed by atoms with Gasteiger partial charge in [0.15, 0.2) is 0 Å². The molecule has 0 saturated heterocycles. The van der Waals surface area contributed by atoms with Gasteiger partial charge in [0.1, 0.15) is 0 Å². The molecule has 4 saturated carbocycles. The summed E-state index contributed by atoms with van der Waals surface area (Å²) in [6.45, 7) is 11.2. The lowest BCUT2D eigenvalue weighted by Gasteiger charge is -2.61. The summed E-state index contributed by atoms with van der Waals surface area (Å²) >= 11 is 0. The standard InChI is InChI=1S/C28H51NO/c1-7-8-9-18-30-22-14-16-27(3)21(19-22)10-11-23-25-13-12-24(20(2)29(5)6)28(25,4)17-15-26(23)27/h20-26H,7-19H2,1-6H3/t20-,21-,22-,23-,24+,25-,26-,27-,28+/m0/s1. The summed E-state index contributed by atoms with van der Waals surface area (Å²) in [5.74, 6) is 4.81. The summed E-state index contributed by atoms with van der Waals surface area (Å²) in [6, 6.07) is 0.726. The van der Waals surface area contributed by atoms with Crippen LogP contribution in [0, 0.1) is 40.4 Å². The predicted octanol–water partition coefficient (Wildman–Crippen LogP) is 7.17. The zero-order valence-electron chi connectivity index (χ0n) is 21.1. The van der Waals surface area contributed by atoms with Gasteiger partial charge in [-0.15, -0.1) is 0 Å². The van der Waals surface area contributed by atoms with Crippen LogP contribution < -0.4 is 0 Å². The van der Waals surface area contributed by atoms with Gasteiger partial charge in [-0.3, -0.25) is 0 Å². The van der Waals surface area contributed by atoms with Crippen molar-refractivity contribution in [3.05, 3.63) is 0 Å². The molecule has 9 atom stereocenters. The first-order valence-corrected chi connectivity index (χ1v) is 13.6. The Labute approximate surface area is 187 Å². The van der Waals surface area contributed by atoms with Crippen molar-refractivity contribution in [2.75, 3.05) is 20.7 Å². The van der Waals surface area contributed by atoms with Crippen LogP contribution >= 0.6 is 0 Å². The molecule has 4 rings (SSSR count). The van der Waals surface area contributed by atoms with E-state index in [1.807, 2.05) is 0 Å². The summed E-state index contributed by atoms with van der Waals surface area (Å²) in [6.07, 6.45) is 17.5. The average Bonchev–Trinajstić information content (AvgIpc) is 3.07. The van der Waals surface area contributed by atoms with Crippen LogP contribution in [0.2, 0.25) is 0 Å². The fourth-order valence-electron chi connectivity index (χ4n) is 9.17. The molecule has 4 aliphatic rings. The highest BCUT2D eigenvalue weighted by atomic mass is 16.5. The van der Waals surface area contributed by atoms with E-state index >= 15 is 0 Å². The fraction of sp³-hybridized carbons (Fsp3) is 1.00. The Hall–Kier alpha value is -0.0800. The minimum atomic E-state index is 0.558.